The molecule has 0 aliphatic carbocycles. The molecule has 1 atom stereocenters. The first kappa shape index (κ1) is 24.4. The number of aromatic nitrogens is 1. The summed E-state index contributed by atoms with van der Waals surface area (Å²) in [4.78, 5) is 43.3. The second kappa shape index (κ2) is 9.99. The molecule has 4 aromatic rings. The first-order chi connectivity index (χ1) is 17.9. The molecule has 0 radical (unpaired) electrons. The monoisotopic (exact) mass is 512 g/mol. The van der Waals surface area contributed by atoms with Crippen LogP contribution in [0.4, 0.5) is 0 Å². The van der Waals surface area contributed by atoms with Gasteiger partial charge in [0, 0.05) is 6.92 Å². The summed E-state index contributed by atoms with van der Waals surface area (Å²) >= 11 is 1.28. The standard InChI is InChI=1S/C29H24N2O5S/c1-4-35-28(34)25-17(2)30-29-31(26(25)20-12-14-22(15-13-20)36-18(3)32)27(33)24(37-29)16-21-10-7-9-19-8-5-6-11-23(19)21/h5-16,26H,4H2,1-3H3. The number of fused-ring (bicyclic) bond motifs is 2. The second-order valence-corrected chi connectivity index (χ2v) is 9.54. The molecule has 8 heteroatoms. The van der Waals surface area contributed by atoms with Crippen LogP contribution in [0.25, 0.3) is 16.8 Å². The van der Waals surface area contributed by atoms with Crippen LogP contribution in [0.5, 0.6) is 5.75 Å². The van der Waals surface area contributed by atoms with E-state index in [1.165, 1.54) is 18.3 Å². The predicted octanol–water partition coefficient (Wildman–Crippen LogP) is 3.88. The maximum atomic E-state index is 13.8. The predicted molar refractivity (Wildman–Crippen MR) is 142 cm³/mol. The minimum Gasteiger partial charge on any atom is -0.463 e. The normalized spacial score (nSPS) is 15.3. The molecule has 1 unspecified atom stereocenters. The zero-order valence-electron chi connectivity index (χ0n) is 20.6. The van der Waals surface area contributed by atoms with Crippen molar-refractivity contribution < 1.29 is 19.1 Å². The highest BCUT2D eigenvalue weighted by Crippen LogP contribution is 2.31. The van der Waals surface area contributed by atoms with Gasteiger partial charge in [-0.3, -0.25) is 14.2 Å². The molecule has 0 fully saturated rings. The summed E-state index contributed by atoms with van der Waals surface area (Å²) in [6.07, 6.45) is 1.87. The van der Waals surface area contributed by atoms with Gasteiger partial charge in [-0.1, -0.05) is 65.9 Å². The molecular formula is C29H24N2O5S. The van der Waals surface area contributed by atoms with E-state index in [4.69, 9.17) is 9.47 Å². The molecule has 0 amide bonds. The number of allylic oxidation sites excluding steroid dienone is 1. The molecule has 0 bridgehead atoms. The lowest BCUT2D eigenvalue weighted by Crippen LogP contribution is -2.39. The van der Waals surface area contributed by atoms with Gasteiger partial charge in [0.25, 0.3) is 5.56 Å². The average Bonchev–Trinajstić information content (AvgIpc) is 3.18. The number of rotatable bonds is 5. The van der Waals surface area contributed by atoms with Crippen LogP contribution < -0.4 is 19.6 Å². The van der Waals surface area contributed by atoms with E-state index < -0.39 is 18.0 Å². The van der Waals surface area contributed by atoms with Crippen LogP contribution in [-0.4, -0.2) is 23.1 Å². The Bertz CT molecular complexity index is 1740. The Morgan fingerprint density at radius 2 is 1.78 bits per heavy atom. The molecule has 0 spiro atoms. The molecule has 1 aliphatic rings. The summed E-state index contributed by atoms with van der Waals surface area (Å²) in [6, 6.07) is 20.0. The number of hydrogen-bond donors (Lipinski definition) is 0. The van der Waals surface area contributed by atoms with Gasteiger partial charge in [-0.05, 0) is 54.0 Å². The van der Waals surface area contributed by atoms with Gasteiger partial charge in [0.2, 0.25) is 0 Å². The average molecular weight is 513 g/mol. The number of ether oxygens (including phenoxy) is 2. The Kier molecular flexibility index (Phi) is 6.58. The topological polar surface area (TPSA) is 87.0 Å². The third-order valence-electron chi connectivity index (χ3n) is 6.08. The highest BCUT2D eigenvalue weighted by atomic mass is 32.1. The van der Waals surface area contributed by atoms with Crippen molar-refractivity contribution in [1.29, 1.82) is 0 Å². The summed E-state index contributed by atoms with van der Waals surface area (Å²) in [5.41, 5.74) is 2.13. The van der Waals surface area contributed by atoms with Crippen LogP contribution in [0.15, 0.2) is 87.8 Å². The Labute approximate surface area is 216 Å². The smallest absolute Gasteiger partial charge is 0.338 e. The summed E-state index contributed by atoms with van der Waals surface area (Å²) in [7, 11) is 0. The zero-order valence-corrected chi connectivity index (χ0v) is 21.4. The van der Waals surface area contributed by atoms with E-state index in [2.05, 4.69) is 4.99 Å². The Balaban J connectivity index is 1.70. The van der Waals surface area contributed by atoms with Crippen molar-refractivity contribution in [2.75, 3.05) is 6.61 Å². The molecule has 1 aliphatic heterocycles. The Morgan fingerprint density at radius 1 is 1.05 bits per heavy atom. The van der Waals surface area contributed by atoms with Crippen molar-refractivity contribution in [1.82, 2.24) is 4.57 Å². The highest BCUT2D eigenvalue weighted by Gasteiger charge is 2.33. The van der Waals surface area contributed by atoms with Crippen LogP contribution in [0.2, 0.25) is 0 Å². The van der Waals surface area contributed by atoms with Gasteiger partial charge in [0.15, 0.2) is 4.80 Å². The lowest BCUT2D eigenvalue weighted by atomic mass is 9.96. The van der Waals surface area contributed by atoms with Gasteiger partial charge in [-0.2, -0.15) is 0 Å². The van der Waals surface area contributed by atoms with E-state index in [0.29, 0.717) is 31.9 Å². The van der Waals surface area contributed by atoms with E-state index in [1.54, 1.807) is 42.7 Å². The van der Waals surface area contributed by atoms with E-state index in [0.717, 1.165) is 16.3 Å². The van der Waals surface area contributed by atoms with Crippen molar-refractivity contribution in [2.45, 2.75) is 26.8 Å². The summed E-state index contributed by atoms with van der Waals surface area (Å²) in [6.45, 7) is 5.00. The summed E-state index contributed by atoms with van der Waals surface area (Å²) in [5, 5.41) is 2.12. The molecule has 186 valence electrons. The molecule has 7 nitrogen and oxygen atoms in total. The lowest BCUT2D eigenvalue weighted by molar-refractivity contribution is -0.139. The summed E-state index contributed by atoms with van der Waals surface area (Å²) < 4.78 is 12.5. The van der Waals surface area contributed by atoms with Gasteiger partial charge >= 0.3 is 11.9 Å². The maximum absolute atomic E-state index is 13.8. The van der Waals surface area contributed by atoms with Crippen molar-refractivity contribution >= 4 is 40.1 Å². The van der Waals surface area contributed by atoms with Gasteiger partial charge in [-0.25, -0.2) is 9.79 Å². The van der Waals surface area contributed by atoms with E-state index >= 15 is 0 Å². The summed E-state index contributed by atoms with van der Waals surface area (Å²) in [5.74, 6) is -0.587. The molecule has 5 rings (SSSR count). The third kappa shape index (κ3) is 4.63. The molecule has 37 heavy (non-hydrogen) atoms. The largest absolute Gasteiger partial charge is 0.463 e. The maximum Gasteiger partial charge on any atom is 0.338 e. The zero-order chi connectivity index (χ0) is 26.1. The van der Waals surface area contributed by atoms with Crippen molar-refractivity contribution in [3.63, 3.8) is 0 Å². The number of nitrogens with zero attached hydrogens (tertiary/aromatic N) is 2. The molecule has 0 saturated carbocycles. The fourth-order valence-corrected chi connectivity index (χ4v) is 5.55. The first-order valence-electron chi connectivity index (χ1n) is 11.8. The fraction of sp³-hybridized carbons (Fsp3) is 0.172. The number of carbonyl (C=O) groups excluding carboxylic acids is 2. The minimum atomic E-state index is -0.739. The number of thiazole rings is 1. The van der Waals surface area contributed by atoms with Gasteiger partial charge in [0.05, 0.1) is 28.5 Å². The lowest BCUT2D eigenvalue weighted by Gasteiger charge is -2.24. The molecule has 3 aromatic carbocycles. The highest BCUT2D eigenvalue weighted by molar-refractivity contribution is 7.07. The van der Waals surface area contributed by atoms with E-state index in [-0.39, 0.29) is 12.2 Å². The van der Waals surface area contributed by atoms with Crippen LogP contribution in [0, 0.1) is 0 Å². The number of hydrogen-bond acceptors (Lipinski definition) is 7. The van der Waals surface area contributed by atoms with Crippen molar-refractivity contribution in [3.8, 4) is 5.75 Å². The number of carbonyl (C=O) groups is 2. The second-order valence-electron chi connectivity index (χ2n) is 8.53. The molecule has 0 saturated heterocycles. The molecule has 2 heterocycles. The number of benzene rings is 3. The molecule has 1 aromatic heterocycles. The fourth-order valence-electron chi connectivity index (χ4n) is 4.51. The van der Waals surface area contributed by atoms with Crippen molar-refractivity contribution in [3.05, 3.63) is 109 Å². The molecule has 0 N–H and O–H groups in total. The van der Waals surface area contributed by atoms with Gasteiger partial charge in [-0.15, -0.1) is 0 Å². The van der Waals surface area contributed by atoms with E-state index in [1.807, 2.05) is 48.5 Å². The van der Waals surface area contributed by atoms with Crippen molar-refractivity contribution in [2.24, 2.45) is 4.99 Å². The van der Waals surface area contributed by atoms with Gasteiger partial charge in [0.1, 0.15) is 5.75 Å². The van der Waals surface area contributed by atoms with Gasteiger partial charge < -0.3 is 9.47 Å². The first-order valence-corrected chi connectivity index (χ1v) is 12.6. The van der Waals surface area contributed by atoms with Crippen LogP contribution in [0.3, 0.4) is 0 Å². The van der Waals surface area contributed by atoms with Crippen LogP contribution >= 0.6 is 11.3 Å². The Morgan fingerprint density at radius 3 is 2.51 bits per heavy atom. The van der Waals surface area contributed by atoms with E-state index in [9.17, 15) is 14.4 Å². The molecular weight excluding hydrogens is 488 g/mol. The van der Waals surface area contributed by atoms with Crippen LogP contribution in [0.1, 0.15) is 37.9 Å². The van der Waals surface area contributed by atoms with Crippen LogP contribution in [-0.2, 0) is 14.3 Å². The number of esters is 2. The quantitative estimate of drug-likeness (QED) is 0.299. The minimum absolute atomic E-state index is 0.194. The Hall–Kier alpha value is -4.30. The SMILES string of the molecule is CCOC(=O)C1=C(C)N=c2sc(=Cc3cccc4ccccc34)c(=O)n2C1c1ccc(OC(C)=O)cc1. The third-order valence-corrected chi connectivity index (χ3v) is 7.07.